The molecule has 0 aliphatic carbocycles. The van der Waals surface area contributed by atoms with Crippen molar-refractivity contribution in [3.63, 3.8) is 0 Å². The minimum absolute atomic E-state index is 0.00467. The molecule has 5 nitrogen and oxygen atoms in total. The summed E-state index contributed by atoms with van der Waals surface area (Å²) < 4.78 is 45.4. The maximum Gasteiger partial charge on any atom is 0.419 e. The van der Waals surface area contributed by atoms with Crippen LogP contribution in [-0.4, -0.2) is 54.3 Å². The van der Waals surface area contributed by atoms with Crippen LogP contribution in [0.15, 0.2) is 42.6 Å². The van der Waals surface area contributed by atoms with Gasteiger partial charge in [-0.2, -0.15) is 13.2 Å². The average Bonchev–Trinajstić information content (AvgIpc) is 3.30. The molecule has 2 aromatic rings. The number of aliphatic hydroxyl groups excluding tert-OH is 1. The van der Waals surface area contributed by atoms with Gasteiger partial charge in [0.25, 0.3) is 0 Å². The van der Waals surface area contributed by atoms with E-state index in [0.29, 0.717) is 19.7 Å². The first kappa shape index (κ1) is 27.7. The van der Waals surface area contributed by atoms with Crippen LogP contribution >= 0.6 is 0 Å². The molecular formula is C24H36F3N3O2. The summed E-state index contributed by atoms with van der Waals surface area (Å²) in [7, 11) is 1.67. The van der Waals surface area contributed by atoms with E-state index < -0.39 is 11.7 Å². The van der Waals surface area contributed by atoms with Gasteiger partial charge in [-0.3, -0.25) is 4.90 Å². The van der Waals surface area contributed by atoms with Crippen molar-refractivity contribution in [3.8, 4) is 5.75 Å². The Labute approximate surface area is 189 Å². The van der Waals surface area contributed by atoms with Crippen molar-refractivity contribution in [1.29, 1.82) is 0 Å². The zero-order valence-electron chi connectivity index (χ0n) is 19.7. The van der Waals surface area contributed by atoms with Gasteiger partial charge in [-0.15, -0.1) is 0 Å². The van der Waals surface area contributed by atoms with E-state index in [0.717, 1.165) is 30.3 Å². The lowest BCUT2D eigenvalue weighted by Gasteiger charge is -2.28. The summed E-state index contributed by atoms with van der Waals surface area (Å²) in [6, 6.07) is 9.59. The quantitative estimate of drug-likeness (QED) is 0.619. The van der Waals surface area contributed by atoms with E-state index in [4.69, 9.17) is 9.84 Å². The summed E-state index contributed by atoms with van der Waals surface area (Å²) in [5.74, 6) is 0.704. The number of anilines is 1. The van der Waals surface area contributed by atoms with E-state index in [1.807, 2.05) is 39.8 Å². The van der Waals surface area contributed by atoms with Gasteiger partial charge in [0.2, 0.25) is 0 Å². The molecule has 1 saturated heterocycles. The molecule has 0 bridgehead atoms. The van der Waals surface area contributed by atoms with Gasteiger partial charge < -0.3 is 14.7 Å². The van der Waals surface area contributed by atoms with Gasteiger partial charge in [0.15, 0.2) is 0 Å². The molecule has 3 rings (SSSR count). The Morgan fingerprint density at radius 1 is 1.12 bits per heavy atom. The summed E-state index contributed by atoms with van der Waals surface area (Å²) in [6.45, 7) is 10.6. The Kier molecular flexibility index (Phi) is 12.1. The predicted octanol–water partition coefficient (Wildman–Crippen LogP) is 5.23. The fourth-order valence-corrected chi connectivity index (χ4v) is 3.39. The maximum atomic E-state index is 13.2. The third-order valence-corrected chi connectivity index (χ3v) is 5.00. The number of nitrogens with zero attached hydrogens (tertiary/aromatic N) is 3. The van der Waals surface area contributed by atoms with Gasteiger partial charge in [-0.05, 0) is 36.2 Å². The van der Waals surface area contributed by atoms with Crippen molar-refractivity contribution in [2.24, 2.45) is 0 Å². The van der Waals surface area contributed by atoms with Crippen molar-refractivity contribution < 1.29 is 23.0 Å². The second kappa shape index (κ2) is 14.0. The van der Waals surface area contributed by atoms with E-state index in [1.165, 1.54) is 12.3 Å². The molecule has 2 heterocycles. The van der Waals surface area contributed by atoms with Crippen LogP contribution in [0.5, 0.6) is 5.75 Å². The predicted molar refractivity (Wildman–Crippen MR) is 123 cm³/mol. The molecule has 0 amide bonds. The van der Waals surface area contributed by atoms with Crippen molar-refractivity contribution in [1.82, 2.24) is 9.88 Å². The SMILES string of the molecule is CC.CC.CN(c1ncccc1C(F)(F)F)C1CCN(CCOc2ccc(CO)cc2)C1. The van der Waals surface area contributed by atoms with E-state index in [-0.39, 0.29) is 18.5 Å². The van der Waals surface area contributed by atoms with Crippen LogP contribution in [0.2, 0.25) is 0 Å². The topological polar surface area (TPSA) is 48.8 Å². The molecular weight excluding hydrogens is 419 g/mol. The lowest BCUT2D eigenvalue weighted by Crippen LogP contribution is -2.37. The van der Waals surface area contributed by atoms with E-state index in [1.54, 1.807) is 24.1 Å². The average molecular weight is 456 g/mol. The molecule has 1 aliphatic rings. The molecule has 0 radical (unpaired) electrons. The summed E-state index contributed by atoms with van der Waals surface area (Å²) in [6.07, 6.45) is -2.26. The Balaban J connectivity index is 0.00000121. The van der Waals surface area contributed by atoms with Crippen LogP contribution in [0, 0.1) is 0 Å². The number of hydrogen-bond donors (Lipinski definition) is 1. The minimum atomic E-state index is -4.42. The Hall–Kier alpha value is -2.32. The number of rotatable bonds is 7. The largest absolute Gasteiger partial charge is 0.492 e. The molecule has 32 heavy (non-hydrogen) atoms. The van der Waals surface area contributed by atoms with Crippen LogP contribution < -0.4 is 9.64 Å². The number of pyridine rings is 1. The molecule has 1 atom stereocenters. The molecule has 1 aromatic heterocycles. The smallest absolute Gasteiger partial charge is 0.419 e. The Morgan fingerprint density at radius 2 is 1.78 bits per heavy atom. The van der Waals surface area contributed by atoms with Gasteiger partial charge in [-0.25, -0.2) is 4.98 Å². The van der Waals surface area contributed by atoms with Crippen molar-refractivity contribution in [3.05, 3.63) is 53.7 Å². The van der Waals surface area contributed by atoms with E-state index in [9.17, 15) is 13.2 Å². The van der Waals surface area contributed by atoms with Crippen LogP contribution in [0.4, 0.5) is 19.0 Å². The Bertz CT molecular complexity index is 770. The van der Waals surface area contributed by atoms with Crippen LogP contribution in [0.3, 0.4) is 0 Å². The summed E-state index contributed by atoms with van der Waals surface area (Å²) in [5.41, 5.74) is 0.121. The third-order valence-electron chi connectivity index (χ3n) is 5.00. The minimum Gasteiger partial charge on any atom is -0.492 e. The molecule has 1 unspecified atom stereocenters. The third kappa shape index (κ3) is 7.98. The van der Waals surface area contributed by atoms with Gasteiger partial charge in [0.1, 0.15) is 18.2 Å². The number of halogens is 3. The highest BCUT2D eigenvalue weighted by Gasteiger charge is 2.37. The fraction of sp³-hybridized carbons (Fsp3) is 0.542. The fourth-order valence-electron chi connectivity index (χ4n) is 3.39. The number of alkyl halides is 3. The second-order valence-corrected chi connectivity index (χ2v) is 6.88. The number of likely N-dealkylation sites (N-methyl/N-ethyl adjacent to an activating group) is 1. The highest BCUT2D eigenvalue weighted by Crippen LogP contribution is 2.36. The van der Waals surface area contributed by atoms with Gasteiger partial charge in [0, 0.05) is 38.9 Å². The zero-order valence-corrected chi connectivity index (χ0v) is 19.7. The lowest BCUT2D eigenvalue weighted by molar-refractivity contribution is -0.137. The highest BCUT2D eigenvalue weighted by molar-refractivity contribution is 5.48. The van der Waals surface area contributed by atoms with Gasteiger partial charge >= 0.3 is 6.18 Å². The van der Waals surface area contributed by atoms with Crippen molar-refractivity contribution in [2.75, 3.05) is 38.2 Å². The number of hydrogen-bond acceptors (Lipinski definition) is 5. The van der Waals surface area contributed by atoms with E-state index in [2.05, 4.69) is 9.88 Å². The van der Waals surface area contributed by atoms with Crippen molar-refractivity contribution >= 4 is 5.82 Å². The van der Waals surface area contributed by atoms with Crippen LogP contribution in [0.1, 0.15) is 45.2 Å². The zero-order chi connectivity index (χ0) is 24.1. The van der Waals surface area contributed by atoms with Gasteiger partial charge in [-0.1, -0.05) is 39.8 Å². The molecule has 1 N–H and O–H groups in total. The molecule has 0 saturated carbocycles. The van der Waals surface area contributed by atoms with Gasteiger partial charge in [0.05, 0.1) is 12.2 Å². The first-order valence-electron chi connectivity index (χ1n) is 11.2. The first-order valence-corrected chi connectivity index (χ1v) is 11.2. The first-order chi connectivity index (χ1) is 15.4. The normalized spacial score (nSPS) is 15.8. The molecule has 8 heteroatoms. The van der Waals surface area contributed by atoms with Crippen molar-refractivity contribution in [2.45, 2.75) is 52.9 Å². The van der Waals surface area contributed by atoms with Crippen LogP contribution in [-0.2, 0) is 12.8 Å². The standard InChI is InChI=1S/C20H24F3N3O2.2C2H6/c1-25(19-18(20(21,22)23)3-2-9-24-19)16-8-10-26(13-16)11-12-28-17-6-4-15(14-27)5-7-17;2*1-2/h2-7,9,16,27H,8,10-14H2,1H3;2*1-2H3. The molecule has 1 aromatic carbocycles. The molecule has 180 valence electrons. The molecule has 1 fully saturated rings. The number of ether oxygens (including phenoxy) is 1. The summed E-state index contributed by atoms with van der Waals surface area (Å²) in [5, 5.41) is 9.04. The second-order valence-electron chi connectivity index (χ2n) is 6.88. The van der Waals surface area contributed by atoms with Crippen LogP contribution in [0.25, 0.3) is 0 Å². The lowest BCUT2D eigenvalue weighted by atomic mass is 10.2. The maximum absolute atomic E-state index is 13.2. The number of aromatic nitrogens is 1. The molecule has 1 aliphatic heterocycles. The monoisotopic (exact) mass is 455 g/mol. The highest BCUT2D eigenvalue weighted by atomic mass is 19.4. The molecule has 0 spiro atoms. The summed E-state index contributed by atoms with van der Waals surface area (Å²) >= 11 is 0. The van der Waals surface area contributed by atoms with E-state index >= 15 is 0 Å². The number of likely N-dealkylation sites (tertiary alicyclic amines) is 1. The number of aliphatic hydroxyl groups is 1. The number of benzene rings is 1. The summed E-state index contributed by atoms with van der Waals surface area (Å²) in [4.78, 5) is 7.79. The Morgan fingerprint density at radius 3 is 2.38 bits per heavy atom.